The van der Waals surface area contributed by atoms with Crippen LogP contribution in [0.5, 0.6) is 0 Å². The maximum atomic E-state index is 11.5. The number of aliphatic hydroxyl groups excluding tert-OH is 1. The maximum absolute atomic E-state index is 11.5. The summed E-state index contributed by atoms with van der Waals surface area (Å²) in [5.74, 6) is -1.04. The minimum atomic E-state index is -0.552. The first kappa shape index (κ1) is 13.9. The molecule has 0 aromatic rings. The fourth-order valence-corrected chi connectivity index (χ4v) is 2.09. The Hall–Kier alpha value is -1.14. The third kappa shape index (κ3) is 3.41. The van der Waals surface area contributed by atoms with Crippen LogP contribution in [0.4, 0.5) is 0 Å². The quantitative estimate of drug-likeness (QED) is 0.667. The third-order valence-electron chi connectivity index (χ3n) is 2.97. The molecule has 17 heavy (non-hydrogen) atoms. The second-order valence-electron chi connectivity index (χ2n) is 4.31. The molecule has 1 aliphatic heterocycles. The standard InChI is InChI=1S/C11H19NO5/c1-7(10(14)16-2)5-12-6-8(13)4-9(12)11(15)17-3/h7-9,13H,4-6H2,1-3H3. The van der Waals surface area contributed by atoms with Gasteiger partial charge in [-0.2, -0.15) is 0 Å². The number of β-amino-alcohol motifs (C(OH)–C–C–N with tert-alkyl or cyclic N) is 1. The summed E-state index contributed by atoms with van der Waals surface area (Å²) in [5, 5.41) is 9.56. The summed E-state index contributed by atoms with van der Waals surface area (Å²) >= 11 is 0. The maximum Gasteiger partial charge on any atom is 0.323 e. The van der Waals surface area contributed by atoms with Gasteiger partial charge in [0.15, 0.2) is 0 Å². The molecule has 1 fully saturated rings. The Morgan fingerprint density at radius 2 is 2.06 bits per heavy atom. The van der Waals surface area contributed by atoms with E-state index in [9.17, 15) is 14.7 Å². The highest BCUT2D eigenvalue weighted by Gasteiger charge is 2.37. The average molecular weight is 245 g/mol. The molecule has 1 heterocycles. The Morgan fingerprint density at radius 1 is 1.41 bits per heavy atom. The van der Waals surface area contributed by atoms with Crippen molar-refractivity contribution in [2.45, 2.75) is 25.5 Å². The Kier molecular flexibility index (Phi) is 4.89. The summed E-state index contributed by atoms with van der Waals surface area (Å²) in [6, 6.07) is -0.470. The Balaban J connectivity index is 2.61. The first-order valence-electron chi connectivity index (χ1n) is 5.57. The molecule has 0 amide bonds. The van der Waals surface area contributed by atoms with Gasteiger partial charge in [-0.05, 0) is 0 Å². The van der Waals surface area contributed by atoms with Crippen molar-refractivity contribution in [3.63, 3.8) is 0 Å². The van der Waals surface area contributed by atoms with Gasteiger partial charge in [0.1, 0.15) is 6.04 Å². The van der Waals surface area contributed by atoms with Gasteiger partial charge in [-0.3, -0.25) is 14.5 Å². The predicted molar refractivity (Wildman–Crippen MR) is 59.2 cm³/mol. The lowest BCUT2D eigenvalue weighted by Gasteiger charge is -2.24. The fourth-order valence-electron chi connectivity index (χ4n) is 2.09. The van der Waals surface area contributed by atoms with Crippen molar-refractivity contribution in [3.05, 3.63) is 0 Å². The highest BCUT2D eigenvalue weighted by Crippen LogP contribution is 2.20. The highest BCUT2D eigenvalue weighted by atomic mass is 16.5. The van der Waals surface area contributed by atoms with Crippen LogP contribution in [0.25, 0.3) is 0 Å². The van der Waals surface area contributed by atoms with Crippen molar-refractivity contribution in [1.29, 1.82) is 0 Å². The monoisotopic (exact) mass is 245 g/mol. The number of aliphatic hydroxyl groups is 1. The van der Waals surface area contributed by atoms with Gasteiger partial charge >= 0.3 is 11.9 Å². The van der Waals surface area contributed by atoms with Gasteiger partial charge < -0.3 is 14.6 Å². The number of esters is 2. The van der Waals surface area contributed by atoms with Crippen LogP contribution in [0.1, 0.15) is 13.3 Å². The van der Waals surface area contributed by atoms with Crippen molar-refractivity contribution < 1.29 is 24.2 Å². The molecule has 0 radical (unpaired) electrons. The SMILES string of the molecule is COC(=O)C(C)CN1CC(O)CC1C(=O)OC. The van der Waals surface area contributed by atoms with Crippen LogP contribution >= 0.6 is 0 Å². The molecule has 0 spiro atoms. The average Bonchev–Trinajstić information content (AvgIpc) is 2.67. The second kappa shape index (κ2) is 5.97. The van der Waals surface area contributed by atoms with Crippen molar-refractivity contribution in [1.82, 2.24) is 4.90 Å². The molecule has 0 saturated carbocycles. The summed E-state index contributed by atoms with van der Waals surface area (Å²) in [5.41, 5.74) is 0. The summed E-state index contributed by atoms with van der Waals surface area (Å²) in [4.78, 5) is 24.6. The minimum absolute atomic E-state index is 0.324. The van der Waals surface area contributed by atoms with Gasteiger partial charge in [-0.25, -0.2) is 0 Å². The van der Waals surface area contributed by atoms with Crippen LogP contribution in [0.3, 0.4) is 0 Å². The van der Waals surface area contributed by atoms with Gasteiger partial charge in [0.05, 0.1) is 26.2 Å². The number of likely N-dealkylation sites (tertiary alicyclic amines) is 1. The van der Waals surface area contributed by atoms with E-state index in [1.54, 1.807) is 11.8 Å². The smallest absolute Gasteiger partial charge is 0.323 e. The predicted octanol–water partition coefficient (Wildman–Crippen LogP) is -0.596. The number of methoxy groups -OCH3 is 2. The van der Waals surface area contributed by atoms with Crippen molar-refractivity contribution in [2.24, 2.45) is 5.92 Å². The topological polar surface area (TPSA) is 76.1 Å². The van der Waals surface area contributed by atoms with Crippen LogP contribution in [0.15, 0.2) is 0 Å². The van der Waals surface area contributed by atoms with E-state index in [2.05, 4.69) is 9.47 Å². The molecular formula is C11H19NO5. The zero-order valence-corrected chi connectivity index (χ0v) is 10.4. The van der Waals surface area contributed by atoms with Gasteiger partial charge in [0.2, 0.25) is 0 Å². The number of ether oxygens (including phenoxy) is 2. The van der Waals surface area contributed by atoms with E-state index in [-0.39, 0.29) is 17.9 Å². The molecule has 3 atom stereocenters. The van der Waals surface area contributed by atoms with Crippen molar-refractivity contribution in [2.75, 3.05) is 27.3 Å². The van der Waals surface area contributed by atoms with Crippen LogP contribution in [0.2, 0.25) is 0 Å². The molecule has 3 unspecified atom stereocenters. The molecule has 1 rings (SSSR count). The molecule has 6 nitrogen and oxygen atoms in total. The summed E-state index contributed by atoms with van der Waals surface area (Å²) < 4.78 is 9.30. The summed E-state index contributed by atoms with van der Waals surface area (Å²) in [6.07, 6.45) is -0.204. The molecule has 1 aliphatic rings. The second-order valence-corrected chi connectivity index (χ2v) is 4.31. The van der Waals surface area contributed by atoms with E-state index in [0.29, 0.717) is 19.5 Å². The highest BCUT2D eigenvalue weighted by molar-refractivity contribution is 5.76. The van der Waals surface area contributed by atoms with Gasteiger partial charge in [-0.1, -0.05) is 6.92 Å². The number of nitrogens with zero attached hydrogens (tertiary/aromatic N) is 1. The summed E-state index contributed by atoms with van der Waals surface area (Å²) in [7, 11) is 2.64. The molecular weight excluding hydrogens is 226 g/mol. The lowest BCUT2D eigenvalue weighted by atomic mass is 10.1. The van der Waals surface area contributed by atoms with Crippen molar-refractivity contribution >= 4 is 11.9 Å². The molecule has 98 valence electrons. The molecule has 0 bridgehead atoms. The Bertz CT molecular complexity index is 294. The lowest BCUT2D eigenvalue weighted by Crippen LogP contribution is -2.41. The number of carbonyl (C=O) groups is 2. The third-order valence-corrected chi connectivity index (χ3v) is 2.97. The Labute approximate surface area is 100 Å². The first-order chi connectivity index (χ1) is 7.99. The molecule has 0 aromatic carbocycles. The molecule has 0 aromatic heterocycles. The van der Waals surface area contributed by atoms with E-state index in [0.717, 1.165) is 0 Å². The summed E-state index contributed by atoms with van der Waals surface area (Å²) in [6.45, 7) is 2.48. The fraction of sp³-hybridized carbons (Fsp3) is 0.818. The number of hydrogen-bond donors (Lipinski definition) is 1. The molecule has 0 aliphatic carbocycles. The Morgan fingerprint density at radius 3 is 2.59 bits per heavy atom. The van der Waals surface area contributed by atoms with E-state index < -0.39 is 12.1 Å². The van der Waals surface area contributed by atoms with Crippen LogP contribution in [-0.4, -0.2) is 61.4 Å². The number of rotatable bonds is 4. The van der Waals surface area contributed by atoms with E-state index in [1.165, 1.54) is 14.2 Å². The first-order valence-corrected chi connectivity index (χ1v) is 5.57. The van der Waals surface area contributed by atoms with Crippen LogP contribution in [-0.2, 0) is 19.1 Å². The van der Waals surface area contributed by atoms with Crippen LogP contribution < -0.4 is 0 Å². The lowest BCUT2D eigenvalue weighted by molar-refractivity contribution is -0.149. The zero-order valence-electron chi connectivity index (χ0n) is 10.4. The van der Waals surface area contributed by atoms with Crippen LogP contribution in [0, 0.1) is 5.92 Å². The van der Waals surface area contributed by atoms with Gasteiger partial charge in [0, 0.05) is 19.5 Å². The molecule has 1 N–H and O–H groups in total. The van der Waals surface area contributed by atoms with E-state index in [1.807, 2.05) is 0 Å². The van der Waals surface area contributed by atoms with Gasteiger partial charge in [0.25, 0.3) is 0 Å². The molecule has 6 heteroatoms. The number of hydrogen-bond acceptors (Lipinski definition) is 6. The largest absolute Gasteiger partial charge is 0.469 e. The minimum Gasteiger partial charge on any atom is -0.469 e. The van der Waals surface area contributed by atoms with E-state index >= 15 is 0 Å². The van der Waals surface area contributed by atoms with E-state index in [4.69, 9.17) is 0 Å². The van der Waals surface area contributed by atoms with Gasteiger partial charge in [-0.15, -0.1) is 0 Å². The van der Waals surface area contributed by atoms with Crippen molar-refractivity contribution in [3.8, 4) is 0 Å². The molecule has 1 saturated heterocycles. The normalized spacial score (nSPS) is 26.6. The number of carbonyl (C=O) groups excluding carboxylic acids is 2. The zero-order chi connectivity index (χ0) is 13.0.